The smallest absolute Gasteiger partial charge is 0.187 e. The third kappa shape index (κ3) is 4.82. The summed E-state index contributed by atoms with van der Waals surface area (Å²) in [5.41, 5.74) is 0. The molecule has 0 radical (unpaired) electrons. The van der Waals surface area contributed by atoms with E-state index in [1.807, 2.05) is 0 Å². The van der Waals surface area contributed by atoms with Crippen LogP contribution in [0.3, 0.4) is 0 Å². The Kier molecular flexibility index (Phi) is 8.85. The van der Waals surface area contributed by atoms with Gasteiger partial charge < -0.3 is 49.6 Å². The number of ether oxygens (including phenoxy) is 4. The normalized spacial score (nSPS) is 47.1. The lowest BCUT2D eigenvalue weighted by Crippen LogP contribution is -2.64. The molecule has 10 nitrogen and oxygen atoms in total. The van der Waals surface area contributed by atoms with E-state index < -0.39 is 68.0 Å². The number of hydrogen-bond acceptors (Lipinski definition) is 12. The van der Waals surface area contributed by atoms with E-state index in [1.54, 1.807) is 0 Å². The van der Waals surface area contributed by atoms with Crippen molar-refractivity contribution in [3.63, 3.8) is 0 Å². The van der Waals surface area contributed by atoms with Crippen LogP contribution in [0.4, 0.5) is 0 Å². The van der Waals surface area contributed by atoms with Gasteiger partial charge in [-0.2, -0.15) is 25.3 Å². The van der Waals surface area contributed by atoms with Gasteiger partial charge in [-0.1, -0.05) is 0 Å². The summed E-state index contributed by atoms with van der Waals surface area (Å²) in [4.78, 5) is 0. The van der Waals surface area contributed by atoms with E-state index in [2.05, 4.69) is 25.3 Å². The van der Waals surface area contributed by atoms with Crippen molar-refractivity contribution < 1.29 is 49.6 Å². The highest BCUT2D eigenvalue weighted by atomic mass is 32.1. The van der Waals surface area contributed by atoms with E-state index in [0.717, 1.165) is 0 Å². The fourth-order valence-corrected chi connectivity index (χ4v) is 3.27. The van der Waals surface area contributed by atoms with Crippen molar-refractivity contribution in [3.05, 3.63) is 0 Å². The third-order valence-electron chi connectivity index (χ3n) is 4.33. The Labute approximate surface area is 161 Å². The Morgan fingerprint density at radius 3 is 1.96 bits per heavy atom. The average Bonchev–Trinajstić information content (AvgIpc) is 2.64. The summed E-state index contributed by atoms with van der Waals surface area (Å²) in [5, 5.41) is 59.8. The fourth-order valence-electron chi connectivity index (χ4n) is 2.86. The quantitative estimate of drug-likeness (QED) is 0.195. The first-order valence-electron chi connectivity index (χ1n) is 8.16. The van der Waals surface area contributed by atoms with Crippen molar-refractivity contribution in [2.45, 2.75) is 61.4 Å². The molecule has 6 unspecified atom stereocenters. The average molecular weight is 418 g/mol. The van der Waals surface area contributed by atoms with E-state index in [9.17, 15) is 30.6 Å². The molecule has 2 saturated heterocycles. The Bertz CT molecular complexity index is 429. The first-order valence-corrected chi connectivity index (χ1v) is 9.43. The molecule has 0 saturated carbocycles. The maximum Gasteiger partial charge on any atom is 0.187 e. The largest absolute Gasteiger partial charge is 0.394 e. The zero-order valence-corrected chi connectivity index (χ0v) is 15.6. The summed E-state index contributed by atoms with van der Waals surface area (Å²) in [5.74, 6) is 0.403. The van der Waals surface area contributed by atoms with Crippen molar-refractivity contribution in [1.82, 2.24) is 0 Å². The van der Waals surface area contributed by atoms with Crippen LogP contribution in [0, 0.1) is 0 Å². The zero-order valence-electron chi connectivity index (χ0n) is 13.8. The topological polar surface area (TPSA) is 158 Å². The lowest BCUT2D eigenvalue weighted by molar-refractivity contribution is -0.355. The number of aliphatic hydroxyl groups excluding tert-OH is 6. The van der Waals surface area contributed by atoms with Crippen molar-refractivity contribution in [2.24, 2.45) is 0 Å². The molecule has 2 aliphatic heterocycles. The molecule has 0 spiro atoms. The maximum absolute atomic E-state index is 10.3. The molecule has 26 heavy (non-hydrogen) atoms. The second kappa shape index (κ2) is 10.2. The number of thiol groups is 2. The number of hydrogen-bond donors (Lipinski definition) is 8. The minimum atomic E-state index is -1.62. The van der Waals surface area contributed by atoms with Gasteiger partial charge in [0.2, 0.25) is 0 Å². The van der Waals surface area contributed by atoms with Gasteiger partial charge in [0.05, 0.1) is 19.3 Å². The Morgan fingerprint density at radius 2 is 1.38 bits per heavy atom. The summed E-state index contributed by atoms with van der Waals surface area (Å²) in [6.45, 7) is -0.418. The Morgan fingerprint density at radius 1 is 0.769 bits per heavy atom. The van der Waals surface area contributed by atoms with Gasteiger partial charge in [-0.3, -0.25) is 0 Å². The van der Waals surface area contributed by atoms with Gasteiger partial charge in [0, 0.05) is 11.5 Å². The molecule has 0 amide bonds. The molecular formula is C14H26O10S2. The SMILES string of the molecule is OCC1O[C@@H](OCCS)C(O)C(O)[C@@H]1O[C@@H]1OC(CS)[C@@H](O)C(O)C1O. The summed E-state index contributed by atoms with van der Waals surface area (Å²) in [6.07, 6.45) is -13.5. The first kappa shape index (κ1) is 22.6. The zero-order chi connectivity index (χ0) is 19.4. The number of aliphatic hydroxyl groups is 6. The minimum absolute atomic E-state index is 0.0419. The highest BCUT2D eigenvalue weighted by molar-refractivity contribution is 7.80. The Hall–Kier alpha value is 0.300. The van der Waals surface area contributed by atoms with Crippen LogP contribution in [0.2, 0.25) is 0 Å². The van der Waals surface area contributed by atoms with Crippen molar-refractivity contribution in [1.29, 1.82) is 0 Å². The van der Waals surface area contributed by atoms with Crippen LogP contribution in [-0.4, -0.2) is 117 Å². The van der Waals surface area contributed by atoms with Crippen LogP contribution >= 0.6 is 25.3 Å². The lowest BCUT2D eigenvalue weighted by atomic mass is 9.97. The summed E-state index contributed by atoms with van der Waals surface area (Å²) in [7, 11) is 0. The number of rotatable bonds is 7. The van der Waals surface area contributed by atoms with E-state index in [4.69, 9.17) is 18.9 Å². The summed E-state index contributed by atoms with van der Waals surface area (Å²) in [6, 6.07) is 0. The second-order valence-corrected chi connectivity index (χ2v) is 6.91. The van der Waals surface area contributed by atoms with Crippen LogP contribution < -0.4 is 0 Å². The van der Waals surface area contributed by atoms with E-state index in [1.165, 1.54) is 0 Å². The summed E-state index contributed by atoms with van der Waals surface area (Å²) >= 11 is 7.97. The molecule has 0 aromatic rings. The molecule has 6 N–H and O–H groups in total. The lowest BCUT2D eigenvalue weighted by Gasteiger charge is -2.46. The monoisotopic (exact) mass is 418 g/mol. The molecule has 2 rings (SSSR count). The van der Waals surface area contributed by atoms with E-state index in [0.29, 0.717) is 5.75 Å². The summed E-state index contributed by atoms with van der Waals surface area (Å²) < 4.78 is 21.5. The van der Waals surface area contributed by atoms with Crippen LogP contribution in [0.1, 0.15) is 0 Å². The molecule has 2 heterocycles. The van der Waals surface area contributed by atoms with Crippen LogP contribution in [0.25, 0.3) is 0 Å². The van der Waals surface area contributed by atoms with Gasteiger partial charge in [0.1, 0.15) is 42.7 Å². The van der Waals surface area contributed by atoms with Crippen molar-refractivity contribution in [2.75, 3.05) is 24.7 Å². The van der Waals surface area contributed by atoms with Gasteiger partial charge in [-0.25, -0.2) is 0 Å². The Balaban J connectivity index is 2.09. The second-order valence-electron chi connectivity index (χ2n) is 6.10. The van der Waals surface area contributed by atoms with Gasteiger partial charge in [0.15, 0.2) is 12.6 Å². The fraction of sp³-hybridized carbons (Fsp3) is 1.00. The third-order valence-corrected chi connectivity index (χ3v) is 4.88. The van der Waals surface area contributed by atoms with Gasteiger partial charge in [0.25, 0.3) is 0 Å². The molecule has 0 aromatic heterocycles. The molecule has 0 aliphatic carbocycles. The van der Waals surface area contributed by atoms with E-state index in [-0.39, 0.29) is 12.4 Å². The first-order chi connectivity index (χ1) is 12.3. The predicted molar refractivity (Wildman–Crippen MR) is 93.0 cm³/mol. The minimum Gasteiger partial charge on any atom is -0.394 e. The molecule has 2 fully saturated rings. The molecule has 12 heteroatoms. The van der Waals surface area contributed by atoms with Gasteiger partial charge in [-0.15, -0.1) is 0 Å². The molecule has 2 aliphatic rings. The molecule has 0 aromatic carbocycles. The van der Waals surface area contributed by atoms with Crippen LogP contribution in [0.5, 0.6) is 0 Å². The molecule has 154 valence electrons. The van der Waals surface area contributed by atoms with Crippen molar-refractivity contribution in [3.8, 4) is 0 Å². The van der Waals surface area contributed by atoms with Crippen molar-refractivity contribution >= 4 is 25.3 Å². The van der Waals surface area contributed by atoms with E-state index >= 15 is 0 Å². The van der Waals surface area contributed by atoms with Crippen LogP contribution in [-0.2, 0) is 18.9 Å². The highest BCUT2D eigenvalue weighted by Crippen LogP contribution is 2.29. The van der Waals surface area contributed by atoms with Gasteiger partial charge >= 0.3 is 0 Å². The highest BCUT2D eigenvalue weighted by Gasteiger charge is 2.50. The standard InChI is InChI=1S/C14H26O10S2/c15-3-5-12(9(18)11(20)13(22-5)21-1-2-25)24-14-10(19)8(17)7(16)6(4-26)23-14/h5-20,25-26H,1-4H2/t5?,6?,7-,8?,9?,10?,11?,12-,13-,14+/m1/s1. The molecular weight excluding hydrogens is 392 g/mol. The van der Waals surface area contributed by atoms with Gasteiger partial charge in [-0.05, 0) is 0 Å². The van der Waals surface area contributed by atoms with Crippen LogP contribution in [0.15, 0.2) is 0 Å². The predicted octanol–water partition coefficient (Wildman–Crippen LogP) is -3.51. The molecule has 0 bridgehead atoms. The maximum atomic E-state index is 10.3. The molecule has 10 atom stereocenters.